The molecule has 38 heavy (non-hydrogen) atoms. The van der Waals surface area contributed by atoms with E-state index in [9.17, 15) is 13.2 Å². The summed E-state index contributed by atoms with van der Waals surface area (Å²) in [6, 6.07) is 26.7. The highest BCUT2D eigenvalue weighted by Crippen LogP contribution is 2.34. The van der Waals surface area contributed by atoms with E-state index in [1.54, 1.807) is 30.3 Å². The maximum absolute atomic E-state index is 13.0. The van der Waals surface area contributed by atoms with E-state index in [0.29, 0.717) is 32.3 Å². The first kappa shape index (κ1) is 27.8. The largest absolute Gasteiger partial charge is 0.481 e. The van der Waals surface area contributed by atoms with Crippen molar-refractivity contribution in [3.8, 4) is 11.1 Å². The highest BCUT2D eigenvalue weighted by Gasteiger charge is 2.38. The Bertz CT molecular complexity index is 1290. The number of rotatable bonds is 13. The van der Waals surface area contributed by atoms with Crippen molar-refractivity contribution >= 4 is 16.0 Å². The number of carbonyl (C=O) groups is 1. The van der Waals surface area contributed by atoms with Gasteiger partial charge in [-0.1, -0.05) is 84.9 Å². The Morgan fingerprint density at radius 2 is 1.55 bits per heavy atom. The van der Waals surface area contributed by atoms with Crippen molar-refractivity contribution in [2.24, 2.45) is 5.92 Å². The Labute approximate surface area is 225 Å². The van der Waals surface area contributed by atoms with E-state index in [0.717, 1.165) is 17.5 Å². The summed E-state index contributed by atoms with van der Waals surface area (Å²) in [5.74, 6) is -0.817. The average molecular weight is 534 g/mol. The molecule has 2 N–H and O–H groups in total. The number of hydrogen-bond donors (Lipinski definition) is 2. The molecule has 1 fully saturated rings. The molecule has 1 aliphatic carbocycles. The van der Waals surface area contributed by atoms with Crippen molar-refractivity contribution in [3.05, 3.63) is 103 Å². The van der Waals surface area contributed by atoms with Gasteiger partial charge in [-0.3, -0.25) is 4.79 Å². The zero-order chi connectivity index (χ0) is 26.8. The summed E-state index contributed by atoms with van der Waals surface area (Å²) < 4.78 is 35.3. The quantitative estimate of drug-likeness (QED) is 0.202. The fourth-order valence-corrected chi connectivity index (χ4v) is 6.28. The van der Waals surface area contributed by atoms with Crippen LogP contribution in [0, 0.1) is 5.92 Å². The Morgan fingerprint density at radius 3 is 2.24 bits per heavy atom. The number of carboxylic acids is 1. The zero-order valence-electron chi connectivity index (χ0n) is 21.4. The van der Waals surface area contributed by atoms with Crippen LogP contribution in [-0.2, 0) is 26.2 Å². The van der Waals surface area contributed by atoms with Gasteiger partial charge in [0.05, 0.1) is 17.6 Å². The van der Waals surface area contributed by atoms with Crippen LogP contribution in [0.3, 0.4) is 0 Å². The van der Waals surface area contributed by atoms with Crippen molar-refractivity contribution < 1.29 is 23.1 Å². The third-order valence-electron chi connectivity index (χ3n) is 6.98. The summed E-state index contributed by atoms with van der Waals surface area (Å²) in [6.07, 6.45) is 7.46. The van der Waals surface area contributed by atoms with Gasteiger partial charge >= 0.3 is 5.97 Å². The van der Waals surface area contributed by atoms with E-state index in [4.69, 9.17) is 9.84 Å². The molecule has 0 saturated heterocycles. The number of unbranched alkanes of at least 4 members (excludes halogenated alkanes) is 1. The normalized spacial score (nSPS) is 19.6. The first-order chi connectivity index (χ1) is 18.4. The summed E-state index contributed by atoms with van der Waals surface area (Å²) in [7, 11) is -3.64. The van der Waals surface area contributed by atoms with Gasteiger partial charge in [0.15, 0.2) is 0 Å². The van der Waals surface area contributed by atoms with Gasteiger partial charge in [-0.2, -0.15) is 0 Å². The number of ether oxygens (including phenoxy) is 1. The molecule has 6 nitrogen and oxygen atoms in total. The molecule has 3 aromatic rings. The second-order valence-electron chi connectivity index (χ2n) is 9.69. The Kier molecular flexibility index (Phi) is 9.87. The second kappa shape index (κ2) is 13.5. The van der Waals surface area contributed by atoms with Gasteiger partial charge in [-0.25, -0.2) is 13.1 Å². The lowest BCUT2D eigenvalue weighted by Crippen LogP contribution is -2.39. The molecule has 200 valence electrons. The second-order valence-corrected chi connectivity index (χ2v) is 11.4. The molecule has 0 heterocycles. The minimum absolute atomic E-state index is 0.0206. The predicted octanol–water partition coefficient (Wildman–Crippen LogP) is 6.20. The lowest BCUT2D eigenvalue weighted by molar-refractivity contribution is -0.137. The third kappa shape index (κ3) is 7.87. The minimum Gasteiger partial charge on any atom is -0.481 e. The molecule has 0 aliphatic heterocycles. The van der Waals surface area contributed by atoms with Gasteiger partial charge in [0.2, 0.25) is 10.0 Å². The smallest absolute Gasteiger partial charge is 0.303 e. The molecule has 3 aromatic carbocycles. The van der Waals surface area contributed by atoms with Gasteiger partial charge in [0.25, 0.3) is 0 Å². The molecule has 3 atom stereocenters. The maximum atomic E-state index is 13.0. The summed E-state index contributed by atoms with van der Waals surface area (Å²) in [4.78, 5) is 11.0. The summed E-state index contributed by atoms with van der Waals surface area (Å²) in [5.41, 5.74) is 3.39. The number of hydrogen-bond acceptors (Lipinski definition) is 4. The Morgan fingerprint density at radius 1 is 0.895 bits per heavy atom. The molecule has 0 unspecified atom stereocenters. The monoisotopic (exact) mass is 533 g/mol. The highest BCUT2D eigenvalue weighted by molar-refractivity contribution is 7.89. The lowest BCUT2D eigenvalue weighted by Gasteiger charge is -2.25. The number of allylic oxidation sites excluding steroid dienone is 2. The predicted molar refractivity (Wildman–Crippen MR) is 149 cm³/mol. The molecule has 1 aliphatic rings. The van der Waals surface area contributed by atoms with E-state index in [1.807, 2.05) is 30.4 Å². The number of nitrogens with one attached hydrogen (secondary N) is 1. The van der Waals surface area contributed by atoms with Crippen LogP contribution < -0.4 is 4.72 Å². The van der Waals surface area contributed by atoms with Crippen LogP contribution in [0.2, 0.25) is 0 Å². The highest BCUT2D eigenvalue weighted by atomic mass is 32.2. The Hall–Kier alpha value is -3.26. The van der Waals surface area contributed by atoms with Crippen LogP contribution in [0.25, 0.3) is 11.1 Å². The van der Waals surface area contributed by atoms with Gasteiger partial charge < -0.3 is 9.84 Å². The molecule has 0 spiro atoms. The molecule has 0 radical (unpaired) electrons. The number of sulfonamides is 1. The van der Waals surface area contributed by atoms with Gasteiger partial charge in [-0.05, 0) is 60.9 Å². The summed E-state index contributed by atoms with van der Waals surface area (Å²) >= 11 is 0. The molecule has 7 heteroatoms. The third-order valence-corrected chi connectivity index (χ3v) is 8.48. The number of benzene rings is 3. The molecular weight excluding hydrogens is 498 g/mol. The van der Waals surface area contributed by atoms with Crippen molar-refractivity contribution in [1.29, 1.82) is 0 Å². The van der Waals surface area contributed by atoms with E-state index in [1.165, 1.54) is 5.56 Å². The van der Waals surface area contributed by atoms with Crippen molar-refractivity contribution in [2.45, 2.75) is 62.2 Å². The first-order valence-corrected chi connectivity index (χ1v) is 14.6. The molecular formula is C31H35NO5S. The fraction of sp³-hybridized carbons (Fsp3) is 0.323. The number of aliphatic carboxylic acids is 1. The van der Waals surface area contributed by atoms with Crippen molar-refractivity contribution in [3.63, 3.8) is 0 Å². The zero-order valence-corrected chi connectivity index (χ0v) is 22.2. The number of carboxylic acid groups (broad SMARTS) is 1. The molecule has 0 amide bonds. The lowest BCUT2D eigenvalue weighted by atomic mass is 9.97. The van der Waals surface area contributed by atoms with Crippen LogP contribution in [0.4, 0.5) is 0 Å². The van der Waals surface area contributed by atoms with Gasteiger partial charge in [0.1, 0.15) is 0 Å². The van der Waals surface area contributed by atoms with Gasteiger partial charge in [-0.15, -0.1) is 0 Å². The average Bonchev–Trinajstić information content (AvgIpc) is 3.30. The molecule has 1 saturated carbocycles. The van der Waals surface area contributed by atoms with E-state index in [2.05, 4.69) is 41.1 Å². The fourth-order valence-electron chi connectivity index (χ4n) is 4.94. The summed E-state index contributed by atoms with van der Waals surface area (Å²) in [6.45, 7) is 0.455. The van der Waals surface area contributed by atoms with Crippen LogP contribution in [0.5, 0.6) is 0 Å². The van der Waals surface area contributed by atoms with Gasteiger partial charge in [0, 0.05) is 18.4 Å². The summed E-state index contributed by atoms with van der Waals surface area (Å²) in [5, 5.41) is 8.83. The van der Waals surface area contributed by atoms with E-state index < -0.39 is 16.0 Å². The van der Waals surface area contributed by atoms with Crippen LogP contribution in [-0.4, -0.2) is 31.6 Å². The van der Waals surface area contributed by atoms with E-state index >= 15 is 0 Å². The standard InChI is InChI=1S/C31H35NO5S/c33-31(34)16-10-2-1-9-15-28-29(32-38(35,36)27-13-7-4-8-14-27)21-22-30(28)37-23-24-17-19-26(20-18-24)25-11-5-3-6-12-25/h1,3-9,11-14,17-20,28-30,32H,2,10,15-16,21-23H2,(H,33,34)/b9-1-/t28-,29+,30+/m1/s1. The van der Waals surface area contributed by atoms with Crippen LogP contribution in [0.15, 0.2) is 102 Å². The van der Waals surface area contributed by atoms with Crippen molar-refractivity contribution in [2.75, 3.05) is 0 Å². The minimum atomic E-state index is -3.64. The molecule has 0 bridgehead atoms. The maximum Gasteiger partial charge on any atom is 0.303 e. The first-order valence-electron chi connectivity index (χ1n) is 13.1. The SMILES string of the molecule is O=C(O)CCC/C=C\C[C@@H]1[C@@H](NS(=O)(=O)c2ccccc2)CC[C@@H]1OCc1ccc(-c2ccccc2)cc1. The Balaban J connectivity index is 1.40. The topological polar surface area (TPSA) is 92.7 Å². The molecule has 0 aromatic heterocycles. The van der Waals surface area contributed by atoms with E-state index in [-0.39, 0.29) is 29.4 Å². The van der Waals surface area contributed by atoms with Crippen LogP contribution >= 0.6 is 0 Å². The molecule has 4 rings (SSSR count). The van der Waals surface area contributed by atoms with Crippen LogP contribution in [0.1, 0.15) is 44.1 Å². The van der Waals surface area contributed by atoms with Crippen molar-refractivity contribution in [1.82, 2.24) is 4.72 Å².